The summed E-state index contributed by atoms with van der Waals surface area (Å²) in [7, 11) is 1.43. The summed E-state index contributed by atoms with van der Waals surface area (Å²) in [5, 5.41) is 3.32. The average Bonchev–Trinajstić information content (AvgIpc) is 3.29. The van der Waals surface area contributed by atoms with Gasteiger partial charge in [0, 0.05) is 25.7 Å². The third kappa shape index (κ3) is 6.77. The van der Waals surface area contributed by atoms with Crippen LogP contribution in [0.1, 0.15) is 59.5 Å². The van der Waals surface area contributed by atoms with Gasteiger partial charge >= 0.3 is 18.4 Å². The fourth-order valence-electron chi connectivity index (χ4n) is 5.87. The number of hydrogen-bond donors (Lipinski definition) is 2. The molecular weight excluding hydrogens is 557 g/mol. The number of rotatable bonds is 5. The number of urea groups is 1. The van der Waals surface area contributed by atoms with Gasteiger partial charge in [0.05, 0.1) is 23.2 Å². The molecule has 4 rings (SSSR count). The normalized spacial score (nSPS) is 23.2. The van der Waals surface area contributed by atoms with Crippen LogP contribution in [0, 0.1) is 12.7 Å². The van der Waals surface area contributed by atoms with Crippen molar-refractivity contribution in [1.29, 1.82) is 0 Å². The van der Waals surface area contributed by atoms with Crippen LogP contribution in [0.15, 0.2) is 36.4 Å². The first-order valence-corrected chi connectivity index (χ1v) is 13.1. The van der Waals surface area contributed by atoms with Gasteiger partial charge in [-0.2, -0.15) is 26.3 Å². The minimum absolute atomic E-state index is 0.0669. The summed E-state index contributed by atoms with van der Waals surface area (Å²) in [6.45, 7) is 1.83. The Hall–Kier alpha value is -3.35. The number of halogens is 7. The van der Waals surface area contributed by atoms with Crippen molar-refractivity contribution < 1.29 is 40.3 Å². The zero-order valence-electron chi connectivity index (χ0n) is 22.5. The van der Waals surface area contributed by atoms with Gasteiger partial charge in [-0.1, -0.05) is 6.07 Å². The number of primary amides is 1. The second-order valence-corrected chi connectivity index (χ2v) is 11.0. The number of hydrogen-bond acceptors (Lipinski definition) is 3. The number of piperidine rings is 1. The molecule has 0 radical (unpaired) electrons. The first-order valence-electron chi connectivity index (χ1n) is 13.1. The number of aryl methyl sites for hydroxylation is 1. The van der Waals surface area contributed by atoms with Gasteiger partial charge in [-0.15, -0.1) is 0 Å². The molecule has 3 amide bonds. The molecule has 13 heteroatoms. The topological polar surface area (TPSA) is 78.7 Å². The lowest BCUT2D eigenvalue weighted by atomic mass is 9.79. The number of likely N-dealkylation sites (N-methyl/N-ethyl adjacent to an activating group) is 1. The molecule has 0 bridgehead atoms. The molecule has 6 nitrogen and oxygen atoms in total. The highest BCUT2D eigenvalue weighted by Gasteiger charge is 2.47. The minimum atomic E-state index is -4.97. The maximum Gasteiger partial charge on any atom is 0.416 e. The van der Waals surface area contributed by atoms with E-state index in [-0.39, 0.29) is 31.1 Å². The van der Waals surface area contributed by atoms with Crippen LogP contribution in [0.5, 0.6) is 0 Å². The summed E-state index contributed by atoms with van der Waals surface area (Å²) in [6.07, 6.45) is -8.09. The Balaban J connectivity index is 1.56. The van der Waals surface area contributed by atoms with Crippen LogP contribution in [0.25, 0.3) is 0 Å². The Kier molecular flexibility index (Phi) is 8.32. The maximum atomic E-state index is 13.9. The summed E-state index contributed by atoms with van der Waals surface area (Å²) in [5.41, 5.74) is 3.29. The smallest absolute Gasteiger partial charge is 0.368 e. The van der Waals surface area contributed by atoms with E-state index < -0.39 is 58.9 Å². The molecule has 0 saturated carbocycles. The number of carbonyl (C=O) groups is 2. The van der Waals surface area contributed by atoms with E-state index in [4.69, 9.17) is 5.73 Å². The predicted octanol–water partition coefficient (Wildman–Crippen LogP) is 5.58. The average molecular weight is 589 g/mol. The Morgan fingerprint density at radius 1 is 1.05 bits per heavy atom. The van der Waals surface area contributed by atoms with E-state index in [2.05, 4.69) is 5.32 Å². The summed E-state index contributed by atoms with van der Waals surface area (Å²) in [6, 6.07) is 4.11. The summed E-state index contributed by atoms with van der Waals surface area (Å²) >= 11 is 0. The number of amides is 3. The van der Waals surface area contributed by atoms with Crippen molar-refractivity contribution in [3.05, 3.63) is 70.0 Å². The Morgan fingerprint density at radius 2 is 1.68 bits per heavy atom. The quantitative estimate of drug-likeness (QED) is 0.448. The number of carbonyl (C=O) groups excluding carboxylic acids is 2. The van der Waals surface area contributed by atoms with E-state index in [1.807, 2.05) is 0 Å². The molecular formula is C28H31F7N4O2. The molecule has 2 aromatic carbocycles. The van der Waals surface area contributed by atoms with Gasteiger partial charge in [0.15, 0.2) is 0 Å². The lowest BCUT2D eigenvalue weighted by Gasteiger charge is -2.47. The van der Waals surface area contributed by atoms with Crippen LogP contribution in [0.2, 0.25) is 0 Å². The zero-order chi connectivity index (χ0) is 30.3. The molecule has 1 spiro atoms. The number of nitrogens with one attached hydrogen (secondary N) is 1. The van der Waals surface area contributed by atoms with E-state index in [1.54, 1.807) is 17.9 Å². The van der Waals surface area contributed by atoms with Crippen molar-refractivity contribution >= 4 is 11.9 Å². The van der Waals surface area contributed by atoms with Crippen molar-refractivity contribution in [3.63, 3.8) is 0 Å². The maximum absolute atomic E-state index is 13.9. The molecule has 41 heavy (non-hydrogen) atoms. The Labute approximate surface area is 232 Å². The predicted molar refractivity (Wildman–Crippen MR) is 136 cm³/mol. The number of nitrogens with two attached hydrogens (primary N) is 1. The molecule has 0 aromatic heterocycles. The molecule has 2 fully saturated rings. The monoisotopic (exact) mass is 588 g/mol. The molecule has 2 saturated heterocycles. The van der Waals surface area contributed by atoms with Crippen LogP contribution in [-0.2, 0) is 23.6 Å². The van der Waals surface area contributed by atoms with Gasteiger partial charge in [0.25, 0.3) is 0 Å². The molecule has 0 unspecified atom stereocenters. The number of benzene rings is 2. The van der Waals surface area contributed by atoms with Crippen LogP contribution in [0.3, 0.4) is 0 Å². The zero-order valence-corrected chi connectivity index (χ0v) is 22.5. The third-order valence-electron chi connectivity index (χ3n) is 8.07. The SMILES string of the molecule is Cc1cc(F)ccc1[C@H]1C[C@]2(CC[C@@H](C(N)=O)N2)CCN1C(=O)N(C)CCc1cc(C(F)(F)F)cc(C(F)(F)F)c1. The molecule has 0 aliphatic carbocycles. The van der Waals surface area contributed by atoms with Gasteiger partial charge in [0.2, 0.25) is 5.91 Å². The summed E-state index contributed by atoms with van der Waals surface area (Å²) in [4.78, 5) is 28.3. The molecule has 2 aromatic rings. The fraction of sp³-hybridized carbons (Fsp3) is 0.500. The van der Waals surface area contributed by atoms with Gasteiger partial charge in [0.1, 0.15) is 5.82 Å². The largest absolute Gasteiger partial charge is 0.416 e. The van der Waals surface area contributed by atoms with Gasteiger partial charge in [-0.25, -0.2) is 9.18 Å². The lowest BCUT2D eigenvalue weighted by molar-refractivity contribution is -0.143. The van der Waals surface area contributed by atoms with Crippen LogP contribution in [-0.4, -0.2) is 53.5 Å². The number of likely N-dealkylation sites (tertiary alicyclic amines) is 1. The van der Waals surface area contributed by atoms with Crippen molar-refractivity contribution in [1.82, 2.24) is 15.1 Å². The lowest BCUT2D eigenvalue weighted by Crippen LogP contribution is -2.57. The second-order valence-electron chi connectivity index (χ2n) is 11.0. The van der Waals surface area contributed by atoms with Gasteiger partial charge in [-0.05, 0) is 86.1 Å². The molecule has 3 atom stereocenters. The van der Waals surface area contributed by atoms with Gasteiger partial charge in [-0.3, -0.25) is 4.79 Å². The molecule has 224 valence electrons. The standard InChI is InChI=1S/C28H31F7N4O2/c1-16-11-20(29)3-4-21(16)23-15-26(7-5-22(37-26)24(36)40)8-10-39(23)25(41)38(2)9-6-17-12-18(27(30,31)32)14-19(13-17)28(33,34)35/h3-4,11-14,22-23,37H,5-10,15H2,1-2H3,(H2,36,40)/t22-,23+,26-/m0/s1. The highest BCUT2D eigenvalue weighted by atomic mass is 19.4. The summed E-state index contributed by atoms with van der Waals surface area (Å²) in [5.74, 6) is -0.920. The van der Waals surface area contributed by atoms with Crippen molar-refractivity contribution in [2.45, 2.75) is 69.0 Å². The molecule has 3 N–H and O–H groups in total. The number of alkyl halides is 6. The van der Waals surface area contributed by atoms with Gasteiger partial charge < -0.3 is 20.9 Å². The van der Waals surface area contributed by atoms with E-state index in [1.165, 1.54) is 24.1 Å². The van der Waals surface area contributed by atoms with E-state index >= 15 is 0 Å². The molecule has 2 heterocycles. The minimum Gasteiger partial charge on any atom is -0.368 e. The van der Waals surface area contributed by atoms with E-state index in [0.29, 0.717) is 48.9 Å². The van der Waals surface area contributed by atoms with E-state index in [0.717, 1.165) is 0 Å². The fourth-order valence-corrected chi connectivity index (χ4v) is 5.87. The Bertz CT molecular complexity index is 1280. The van der Waals surface area contributed by atoms with Crippen molar-refractivity contribution in [2.75, 3.05) is 20.1 Å². The first-order chi connectivity index (χ1) is 19.0. The highest BCUT2D eigenvalue weighted by molar-refractivity contribution is 5.80. The highest BCUT2D eigenvalue weighted by Crippen LogP contribution is 2.43. The number of nitrogens with zero attached hydrogens (tertiary/aromatic N) is 2. The van der Waals surface area contributed by atoms with Crippen molar-refractivity contribution in [3.8, 4) is 0 Å². The van der Waals surface area contributed by atoms with Crippen LogP contribution in [0.4, 0.5) is 35.5 Å². The van der Waals surface area contributed by atoms with Crippen molar-refractivity contribution in [2.24, 2.45) is 5.73 Å². The molecule has 2 aliphatic rings. The van der Waals surface area contributed by atoms with Crippen LogP contribution < -0.4 is 11.1 Å². The van der Waals surface area contributed by atoms with E-state index in [9.17, 15) is 40.3 Å². The summed E-state index contributed by atoms with van der Waals surface area (Å²) < 4.78 is 93.5. The van der Waals surface area contributed by atoms with Crippen LogP contribution >= 0.6 is 0 Å². The third-order valence-corrected chi connectivity index (χ3v) is 8.07. The first kappa shape index (κ1) is 30.6. The second kappa shape index (κ2) is 11.1. The Morgan fingerprint density at radius 3 is 2.22 bits per heavy atom. The molecule has 2 aliphatic heterocycles.